The Morgan fingerprint density at radius 2 is 1.84 bits per heavy atom. The third-order valence-corrected chi connectivity index (χ3v) is 4.93. The van der Waals surface area contributed by atoms with Crippen molar-refractivity contribution >= 4 is 11.6 Å². The Morgan fingerprint density at radius 1 is 1.04 bits per heavy atom. The number of aromatic nitrogens is 3. The first-order valence-corrected chi connectivity index (χ1v) is 8.62. The van der Waals surface area contributed by atoms with E-state index in [-0.39, 0.29) is 11.8 Å². The van der Waals surface area contributed by atoms with E-state index in [0.29, 0.717) is 11.7 Å². The van der Waals surface area contributed by atoms with E-state index >= 15 is 0 Å². The highest BCUT2D eigenvalue weighted by Gasteiger charge is 2.31. The molecule has 5 nitrogen and oxygen atoms in total. The zero-order valence-electron chi connectivity index (χ0n) is 13.9. The van der Waals surface area contributed by atoms with Crippen molar-refractivity contribution in [3.05, 3.63) is 66.5 Å². The standard InChI is InChI=1S/C20H20N4O/c25-20(16-11-10-15(12-16)14-6-2-1-3-7-14)23-18-9-5-4-8-17(18)19-21-13-22-24-19/h1-9,13,15-16H,10-12H2,(H,23,25)(H,21,22,24)/t15-,16-/m1/s1. The molecule has 0 bridgehead atoms. The molecule has 5 heteroatoms. The molecule has 3 aromatic rings. The second-order valence-electron chi connectivity index (χ2n) is 6.49. The molecule has 4 rings (SSSR count). The minimum Gasteiger partial charge on any atom is -0.325 e. The lowest BCUT2D eigenvalue weighted by Crippen LogP contribution is -2.21. The Hall–Kier alpha value is -2.95. The van der Waals surface area contributed by atoms with Crippen molar-refractivity contribution in [1.82, 2.24) is 15.2 Å². The first kappa shape index (κ1) is 15.6. The monoisotopic (exact) mass is 332 g/mol. The maximum atomic E-state index is 12.8. The summed E-state index contributed by atoms with van der Waals surface area (Å²) in [4.78, 5) is 16.9. The van der Waals surface area contributed by atoms with Crippen molar-refractivity contribution < 1.29 is 4.79 Å². The lowest BCUT2D eigenvalue weighted by Gasteiger charge is -2.14. The van der Waals surface area contributed by atoms with Gasteiger partial charge in [-0.2, -0.15) is 5.10 Å². The van der Waals surface area contributed by atoms with Gasteiger partial charge in [0.1, 0.15) is 6.33 Å². The van der Waals surface area contributed by atoms with E-state index < -0.39 is 0 Å². The second kappa shape index (κ2) is 6.89. The predicted octanol–water partition coefficient (Wildman–Crippen LogP) is 3.99. The van der Waals surface area contributed by atoms with E-state index in [1.165, 1.54) is 11.9 Å². The Kier molecular flexibility index (Phi) is 4.29. The van der Waals surface area contributed by atoms with Gasteiger partial charge in [-0.05, 0) is 42.9 Å². The van der Waals surface area contributed by atoms with Gasteiger partial charge >= 0.3 is 0 Å². The van der Waals surface area contributed by atoms with Gasteiger partial charge in [-0.3, -0.25) is 9.89 Å². The molecule has 0 spiro atoms. The van der Waals surface area contributed by atoms with Crippen LogP contribution in [0.5, 0.6) is 0 Å². The van der Waals surface area contributed by atoms with Crippen LogP contribution in [0.3, 0.4) is 0 Å². The van der Waals surface area contributed by atoms with Crippen LogP contribution in [0.4, 0.5) is 5.69 Å². The van der Waals surface area contributed by atoms with Gasteiger partial charge in [0, 0.05) is 11.5 Å². The number of H-pyrrole nitrogens is 1. The number of carbonyl (C=O) groups excluding carboxylic acids is 1. The van der Waals surface area contributed by atoms with Crippen LogP contribution in [0.1, 0.15) is 30.7 Å². The van der Waals surface area contributed by atoms with Crippen molar-refractivity contribution in [3.8, 4) is 11.4 Å². The van der Waals surface area contributed by atoms with E-state index in [1.807, 2.05) is 30.3 Å². The van der Waals surface area contributed by atoms with E-state index in [0.717, 1.165) is 30.5 Å². The van der Waals surface area contributed by atoms with E-state index in [1.54, 1.807) is 0 Å². The van der Waals surface area contributed by atoms with E-state index in [9.17, 15) is 4.79 Å². The largest absolute Gasteiger partial charge is 0.325 e. The van der Waals surface area contributed by atoms with Crippen LogP contribution < -0.4 is 5.32 Å². The zero-order chi connectivity index (χ0) is 17.1. The van der Waals surface area contributed by atoms with Crippen molar-refractivity contribution in [2.24, 2.45) is 5.92 Å². The Bertz CT molecular complexity index is 845. The maximum absolute atomic E-state index is 12.8. The number of hydrogen-bond acceptors (Lipinski definition) is 3. The summed E-state index contributed by atoms with van der Waals surface area (Å²) in [5, 5.41) is 9.83. The summed E-state index contributed by atoms with van der Waals surface area (Å²) in [5.74, 6) is 1.27. The minimum absolute atomic E-state index is 0.0491. The van der Waals surface area contributed by atoms with Gasteiger partial charge < -0.3 is 5.32 Å². The number of rotatable bonds is 4. The fourth-order valence-corrected chi connectivity index (χ4v) is 3.62. The third kappa shape index (κ3) is 3.31. The molecule has 2 atom stereocenters. The smallest absolute Gasteiger partial charge is 0.227 e. The van der Waals surface area contributed by atoms with E-state index in [4.69, 9.17) is 0 Å². The van der Waals surface area contributed by atoms with Gasteiger partial charge in [-0.25, -0.2) is 4.98 Å². The quantitative estimate of drug-likeness (QED) is 0.759. The molecule has 1 aromatic heterocycles. The van der Waals surface area contributed by atoms with Crippen LogP contribution in [0, 0.1) is 5.92 Å². The summed E-state index contributed by atoms with van der Waals surface area (Å²) in [6.07, 6.45) is 4.36. The molecule has 1 aliphatic rings. The van der Waals surface area contributed by atoms with Crippen LogP contribution in [-0.2, 0) is 4.79 Å². The van der Waals surface area contributed by atoms with Gasteiger partial charge in [0.15, 0.2) is 5.82 Å². The number of nitrogens with zero attached hydrogens (tertiary/aromatic N) is 2. The highest BCUT2D eigenvalue weighted by molar-refractivity contribution is 5.96. The lowest BCUT2D eigenvalue weighted by molar-refractivity contribution is -0.119. The fraction of sp³-hybridized carbons (Fsp3) is 0.250. The van der Waals surface area contributed by atoms with Gasteiger partial charge in [0.2, 0.25) is 5.91 Å². The maximum Gasteiger partial charge on any atom is 0.227 e. The first-order chi connectivity index (χ1) is 12.3. The molecule has 0 unspecified atom stereocenters. The molecular weight excluding hydrogens is 312 g/mol. The summed E-state index contributed by atoms with van der Waals surface area (Å²) in [7, 11) is 0. The number of nitrogens with one attached hydrogen (secondary N) is 2. The minimum atomic E-state index is 0.0491. The second-order valence-corrected chi connectivity index (χ2v) is 6.49. The normalized spacial score (nSPS) is 19.7. The molecule has 25 heavy (non-hydrogen) atoms. The van der Waals surface area contributed by atoms with Crippen LogP contribution in [-0.4, -0.2) is 21.1 Å². The first-order valence-electron chi connectivity index (χ1n) is 8.62. The van der Waals surface area contributed by atoms with Crippen molar-refractivity contribution in [1.29, 1.82) is 0 Å². The fourth-order valence-electron chi connectivity index (χ4n) is 3.62. The molecule has 1 saturated carbocycles. The SMILES string of the molecule is O=C(Nc1ccccc1-c1ncn[nH]1)[C@@H]1CC[C@@H](c2ccccc2)C1. The molecule has 1 heterocycles. The van der Waals surface area contributed by atoms with Gasteiger partial charge in [-0.1, -0.05) is 42.5 Å². The molecule has 1 aliphatic carbocycles. The molecule has 0 saturated heterocycles. The van der Waals surface area contributed by atoms with Crippen LogP contribution in [0.2, 0.25) is 0 Å². The van der Waals surface area contributed by atoms with Gasteiger partial charge in [0.25, 0.3) is 0 Å². The third-order valence-electron chi connectivity index (χ3n) is 4.93. The number of para-hydroxylation sites is 1. The Labute approximate surface area is 146 Å². The van der Waals surface area contributed by atoms with Crippen molar-refractivity contribution in [2.75, 3.05) is 5.32 Å². The molecular formula is C20H20N4O. The topological polar surface area (TPSA) is 70.7 Å². The van der Waals surface area contributed by atoms with Crippen LogP contribution in [0.15, 0.2) is 60.9 Å². The summed E-state index contributed by atoms with van der Waals surface area (Å²) < 4.78 is 0. The lowest BCUT2D eigenvalue weighted by atomic mass is 9.96. The predicted molar refractivity (Wildman–Crippen MR) is 97.0 cm³/mol. The molecule has 1 amide bonds. The number of amides is 1. The average Bonchev–Trinajstić information content (AvgIpc) is 3.35. The summed E-state index contributed by atoms with van der Waals surface area (Å²) in [6, 6.07) is 18.1. The van der Waals surface area contributed by atoms with Crippen molar-refractivity contribution in [3.63, 3.8) is 0 Å². The molecule has 1 fully saturated rings. The molecule has 126 valence electrons. The number of carbonyl (C=O) groups is 1. The molecule has 2 aromatic carbocycles. The number of anilines is 1. The molecule has 0 aliphatic heterocycles. The summed E-state index contributed by atoms with van der Waals surface area (Å²) >= 11 is 0. The highest BCUT2D eigenvalue weighted by Crippen LogP contribution is 2.39. The van der Waals surface area contributed by atoms with E-state index in [2.05, 4.69) is 44.8 Å². The molecule has 2 N–H and O–H groups in total. The number of aromatic amines is 1. The Balaban J connectivity index is 1.47. The van der Waals surface area contributed by atoms with Crippen LogP contribution >= 0.6 is 0 Å². The number of benzene rings is 2. The number of hydrogen-bond donors (Lipinski definition) is 2. The zero-order valence-corrected chi connectivity index (χ0v) is 13.9. The highest BCUT2D eigenvalue weighted by atomic mass is 16.1. The summed E-state index contributed by atoms with van der Waals surface area (Å²) in [6.45, 7) is 0. The Morgan fingerprint density at radius 3 is 2.64 bits per heavy atom. The van der Waals surface area contributed by atoms with Crippen molar-refractivity contribution in [2.45, 2.75) is 25.2 Å². The van der Waals surface area contributed by atoms with Gasteiger partial charge in [0.05, 0.1) is 5.69 Å². The molecule has 0 radical (unpaired) electrons. The average molecular weight is 332 g/mol. The van der Waals surface area contributed by atoms with Gasteiger partial charge in [-0.15, -0.1) is 0 Å². The van der Waals surface area contributed by atoms with Crippen LogP contribution in [0.25, 0.3) is 11.4 Å². The summed E-state index contributed by atoms with van der Waals surface area (Å²) in [5.41, 5.74) is 2.96.